The fourth-order valence-corrected chi connectivity index (χ4v) is 7.23. The second-order valence-corrected chi connectivity index (χ2v) is 12.6. The molecular weight excluding hydrogens is 502 g/mol. The van der Waals surface area contributed by atoms with Gasteiger partial charge in [-0.15, -0.1) is 10.2 Å². The Hall–Kier alpha value is -3.59. The first-order valence-electron chi connectivity index (χ1n) is 14.7. The maximum absolute atomic E-state index is 14.1. The van der Waals surface area contributed by atoms with Crippen molar-refractivity contribution >= 4 is 5.78 Å². The molecule has 9 heteroatoms. The van der Waals surface area contributed by atoms with Crippen LogP contribution in [0.1, 0.15) is 75.4 Å². The summed E-state index contributed by atoms with van der Waals surface area (Å²) in [6.07, 6.45) is 11.4. The second kappa shape index (κ2) is 9.51. The molecule has 9 nitrogen and oxygen atoms in total. The van der Waals surface area contributed by atoms with Crippen LogP contribution in [0.5, 0.6) is 0 Å². The lowest BCUT2D eigenvalue weighted by Crippen LogP contribution is -2.43. The monoisotopic (exact) mass is 539 g/mol. The quantitative estimate of drug-likeness (QED) is 0.369. The van der Waals surface area contributed by atoms with Crippen LogP contribution in [0.4, 0.5) is 0 Å². The number of piperidine rings is 1. The first-order chi connectivity index (χ1) is 19.3. The molecule has 1 saturated heterocycles. The second-order valence-electron chi connectivity index (χ2n) is 12.6. The molecule has 0 unspecified atom stereocenters. The van der Waals surface area contributed by atoms with Gasteiger partial charge in [0.05, 0.1) is 11.0 Å². The summed E-state index contributed by atoms with van der Waals surface area (Å²) in [6.45, 7) is 7.06. The first-order valence-corrected chi connectivity index (χ1v) is 14.7. The van der Waals surface area contributed by atoms with Gasteiger partial charge in [0.25, 0.3) is 11.1 Å². The number of likely N-dealkylation sites (tertiary alicyclic amines) is 1. The van der Waals surface area contributed by atoms with Crippen LogP contribution in [-0.4, -0.2) is 46.7 Å². The smallest absolute Gasteiger partial charge is 0.266 e. The lowest BCUT2D eigenvalue weighted by atomic mass is 9.58. The summed E-state index contributed by atoms with van der Waals surface area (Å²) >= 11 is 0. The summed E-state index contributed by atoms with van der Waals surface area (Å²) in [6, 6.07) is 8.38. The number of hydrogen-bond acceptors (Lipinski definition) is 6. The largest absolute Gasteiger partial charge is 0.320 e. The predicted octanol–water partition coefficient (Wildman–Crippen LogP) is 3.93. The highest BCUT2D eigenvalue weighted by molar-refractivity contribution is 5.64. The lowest BCUT2D eigenvalue weighted by molar-refractivity contribution is 0.175. The molecule has 7 rings (SSSR count). The number of aromatic nitrogens is 6. The number of nitrogens with zero attached hydrogens (tertiary/aromatic N) is 7. The van der Waals surface area contributed by atoms with Gasteiger partial charge in [0, 0.05) is 44.1 Å². The van der Waals surface area contributed by atoms with Gasteiger partial charge in [0.1, 0.15) is 12.2 Å². The highest BCUT2D eigenvalue weighted by Gasteiger charge is 2.48. The van der Waals surface area contributed by atoms with Crippen LogP contribution in [0.15, 0.2) is 52.6 Å². The summed E-state index contributed by atoms with van der Waals surface area (Å²) in [5, 5.41) is 8.64. The fraction of sp³-hybridized carbons (Fsp3) is 0.516. The molecule has 4 heterocycles. The van der Waals surface area contributed by atoms with E-state index in [4.69, 9.17) is 4.98 Å². The third kappa shape index (κ3) is 4.13. The Morgan fingerprint density at radius 3 is 2.58 bits per heavy atom. The van der Waals surface area contributed by atoms with Gasteiger partial charge in [0.15, 0.2) is 0 Å². The zero-order chi connectivity index (χ0) is 27.6. The molecule has 0 amide bonds. The van der Waals surface area contributed by atoms with Gasteiger partial charge in [-0.1, -0.05) is 32.0 Å². The standard InChI is InChI=1S/C31H37N7O2/c1-20-6-5-11-36(16-20)17-23-18-37-28(40)26(15-32-30(37)38(27(23)39)25-9-10-25)22-7-4-8-24(12-22)31(13-21(2)14-31)29-34-33-19-35(29)3/h4,7-8,12,15,18-21,25H,5-6,9-11,13-14,16-17H2,1-3H3/t20-,21?,31?/m0/s1. The van der Waals surface area contributed by atoms with Gasteiger partial charge in [-0.05, 0) is 74.1 Å². The molecule has 40 heavy (non-hydrogen) atoms. The van der Waals surface area contributed by atoms with Gasteiger partial charge in [0.2, 0.25) is 5.78 Å². The summed E-state index contributed by atoms with van der Waals surface area (Å²) in [5.41, 5.74) is 2.83. The van der Waals surface area contributed by atoms with Crippen molar-refractivity contribution in [3.8, 4) is 11.1 Å². The Bertz CT molecular complexity index is 1710. The minimum atomic E-state index is -0.216. The Morgan fingerprint density at radius 1 is 1.05 bits per heavy atom. The lowest BCUT2D eigenvalue weighted by Gasteiger charge is -2.46. The molecule has 3 aliphatic rings. The van der Waals surface area contributed by atoms with Gasteiger partial charge < -0.3 is 4.57 Å². The number of aryl methyl sites for hydroxylation is 1. The van der Waals surface area contributed by atoms with Crippen LogP contribution in [0.3, 0.4) is 0 Å². The Labute approximate surface area is 233 Å². The zero-order valence-electron chi connectivity index (χ0n) is 23.6. The Morgan fingerprint density at radius 2 is 1.88 bits per heavy atom. The molecule has 1 atom stereocenters. The number of hydrogen-bond donors (Lipinski definition) is 0. The molecule has 3 fully saturated rings. The van der Waals surface area contributed by atoms with E-state index in [1.807, 2.05) is 23.7 Å². The number of rotatable bonds is 6. The predicted molar refractivity (Wildman–Crippen MR) is 153 cm³/mol. The van der Waals surface area contributed by atoms with Crippen LogP contribution >= 0.6 is 0 Å². The number of benzene rings is 1. The molecule has 0 spiro atoms. The molecule has 2 saturated carbocycles. The van der Waals surface area contributed by atoms with Gasteiger partial charge in [-0.3, -0.25) is 23.5 Å². The summed E-state index contributed by atoms with van der Waals surface area (Å²) in [5.74, 6) is 2.61. The zero-order valence-corrected chi connectivity index (χ0v) is 23.6. The Balaban J connectivity index is 1.33. The molecule has 0 bridgehead atoms. The van der Waals surface area contributed by atoms with Gasteiger partial charge in [-0.25, -0.2) is 4.98 Å². The van der Waals surface area contributed by atoms with Crippen molar-refractivity contribution in [3.05, 3.63) is 80.6 Å². The van der Waals surface area contributed by atoms with E-state index in [2.05, 4.69) is 41.1 Å². The van der Waals surface area contributed by atoms with E-state index in [9.17, 15) is 9.59 Å². The molecule has 0 radical (unpaired) electrons. The minimum absolute atomic E-state index is 0.00732. The highest BCUT2D eigenvalue weighted by atomic mass is 16.1. The van der Waals surface area contributed by atoms with Crippen LogP contribution in [0.25, 0.3) is 16.9 Å². The third-order valence-electron chi connectivity index (χ3n) is 9.27. The van der Waals surface area contributed by atoms with E-state index in [1.165, 1.54) is 6.42 Å². The molecule has 1 aliphatic heterocycles. The van der Waals surface area contributed by atoms with Crippen LogP contribution in [0, 0.1) is 11.8 Å². The van der Waals surface area contributed by atoms with Crippen molar-refractivity contribution in [1.29, 1.82) is 0 Å². The normalized spacial score (nSPS) is 25.3. The van der Waals surface area contributed by atoms with Crippen molar-refractivity contribution in [3.63, 3.8) is 0 Å². The van der Waals surface area contributed by atoms with E-state index in [-0.39, 0.29) is 22.6 Å². The highest BCUT2D eigenvalue weighted by Crippen LogP contribution is 2.51. The maximum Gasteiger partial charge on any atom is 0.266 e. The van der Waals surface area contributed by atoms with E-state index in [0.29, 0.717) is 35.3 Å². The summed E-state index contributed by atoms with van der Waals surface area (Å²) < 4.78 is 5.39. The topological polar surface area (TPSA) is 90.3 Å². The van der Waals surface area contributed by atoms with Crippen molar-refractivity contribution in [2.24, 2.45) is 18.9 Å². The average Bonchev–Trinajstić information content (AvgIpc) is 3.67. The molecule has 0 N–H and O–H groups in total. The van der Waals surface area contributed by atoms with E-state index < -0.39 is 0 Å². The van der Waals surface area contributed by atoms with Crippen LogP contribution in [0.2, 0.25) is 0 Å². The van der Waals surface area contributed by atoms with E-state index in [0.717, 1.165) is 62.1 Å². The number of fused-ring (bicyclic) bond motifs is 1. The minimum Gasteiger partial charge on any atom is -0.320 e. The van der Waals surface area contributed by atoms with Crippen molar-refractivity contribution in [2.45, 2.75) is 70.4 Å². The SMILES string of the molecule is CC1CC(c2cccc(-c3cnc4n(C5CC5)c(=O)c(CN5CCC[C@H](C)C5)cn4c3=O)c2)(c2nncn2C)C1. The molecular formula is C31H37N7O2. The molecule has 4 aromatic rings. The molecule has 208 valence electrons. The van der Waals surface area contributed by atoms with Crippen LogP contribution < -0.4 is 11.1 Å². The van der Waals surface area contributed by atoms with E-state index in [1.54, 1.807) is 27.7 Å². The summed E-state index contributed by atoms with van der Waals surface area (Å²) in [4.78, 5) is 34.8. The van der Waals surface area contributed by atoms with Crippen molar-refractivity contribution in [2.75, 3.05) is 13.1 Å². The third-order valence-corrected chi connectivity index (χ3v) is 9.27. The molecule has 3 aromatic heterocycles. The fourth-order valence-electron chi connectivity index (χ4n) is 7.23. The van der Waals surface area contributed by atoms with Crippen molar-refractivity contribution < 1.29 is 0 Å². The van der Waals surface area contributed by atoms with Crippen molar-refractivity contribution in [1.82, 2.24) is 33.6 Å². The van der Waals surface area contributed by atoms with Gasteiger partial charge >= 0.3 is 0 Å². The molecule has 2 aliphatic carbocycles. The average molecular weight is 540 g/mol. The van der Waals surface area contributed by atoms with E-state index >= 15 is 0 Å². The molecule has 1 aromatic carbocycles. The first kappa shape index (κ1) is 25.4. The van der Waals surface area contributed by atoms with Crippen LogP contribution in [-0.2, 0) is 19.0 Å². The maximum atomic E-state index is 14.1. The summed E-state index contributed by atoms with van der Waals surface area (Å²) in [7, 11) is 1.99. The Kier molecular flexibility index (Phi) is 6.03. The van der Waals surface area contributed by atoms with Gasteiger partial charge in [-0.2, -0.15) is 0 Å².